The van der Waals surface area contributed by atoms with Crippen LogP contribution in [0.4, 0.5) is 0 Å². The van der Waals surface area contributed by atoms with E-state index in [2.05, 4.69) is 6.92 Å². The summed E-state index contributed by atoms with van der Waals surface area (Å²) in [6.07, 6.45) is 11.2. The molecule has 22 heavy (non-hydrogen) atoms. The van der Waals surface area contributed by atoms with Crippen molar-refractivity contribution in [3.63, 3.8) is 0 Å². The normalized spacial score (nSPS) is 12.3. The lowest BCUT2D eigenvalue weighted by Gasteiger charge is -2.10. The van der Waals surface area contributed by atoms with Gasteiger partial charge in [-0.3, -0.25) is 0 Å². The minimum Gasteiger partial charge on any atom is -0.494 e. The summed E-state index contributed by atoms with van der Waals surface area (Å²) < 4.78 is 5.76. The van der Waals surface area contributed by atoms with Crippen molar-refractivity contribution in [1.82, 2.24) is 0 Å². The van der Waals surface area contributed by atoms with Crippen molar-refractivity contribution in [2.75, 3.05) is 13.2 Å². The summed E-state index contributed by atoms with van der Waals surface area (Å²) in [5, 5.41) is 8.95. The molecule has 0 amide bonds. The fraction of sp³-hybridized carbons (Fsp3) is 0.684. The summed E-state index contributed by atoms with van der Waals surface area (Å²) in [5.41, 5.74) is 6.87. The van der Waals surface area contributed by atoms with Crippen LogP contribution in [0.5, 0.6) is 5.75 Å². The van der Waals surface area contributed by atoms with Crippen molar-refractivity contribution in [3.05, 3.63) is 29.8 Å². The first kappa shape index (κ1) is 19.0. The van der Waals surface area contributed by atoms with Gasteiger partial charge >= 0.3 is 0 Å². The van der Waals surface area contributed by atoms with Crippen molar-refractivity contribution in [2.45, 2.75) is 70.8 Å². The van der Waals surface area contributed by atoms with E-state index in [1.807, 2.05) is 24.3 Å². The summed E-state index contributed by atoms with van der Waals surface area (Å²) in [6.45, 7) is 3.08. The van der Waals surface area contributed by atoms with E-state index in [-0.39, 0.29) is 12.6 Å². The molecule has 0 fully saturated rings. The zero-order valence-corrected chi connectivity index (χ0v) is 14.1. The highest BCUT2D eigenvalue weighted by atomic mass is 16.5. The van der Waals surface area contributed by atoms with E-state index in [0.29, 0.717) is 6.42 Å². The first-order chi connectivity index (χ1) is 10.8. The van der Waals surface area contributed by atoms with Gasteiger partial charge in [0.05, 0.1) is 13.2 Å². The number of hydrogen-bond acceptors (Lipinski definition) is 3. The van der Waals surface area contributed by atoms with Crippen LogP contribution in [0.15, 0.2) is 24.3 Å². The molecule has 1 unspecified atom stereocenters. The van der Waals surface area contributed by atoms with Crippen molar-refractivity contribution in [2.24, 2.45) is 5.73 Å². The van der Waals surface area contributed by atoms with Gasteiger partial charge in [0.2, 0.25) is 0 Å². The van der Waals surface area contributed by atoms with Crippen LogP contribution in [-0.2, 0) is 6.42 Å². The molecule has 1 rings (SSSR count). The van der Waals surface area contributed by atoms with E-state index in [0.717, 1.165) is 24.3 Å². The van der Waals surface area contributed by atoms with Gasteiger partial charge in [-0.15, -0.1) is 0 Å². The second-order valence-corrected chi connectivity index (χ2v) is 6.11. The summed E-state index contributed by atoms with van der Waals surface area (Å²) in [4.78, 5) is 0. The lowest BCUT2D eigenvalue weighted by Crippen LogP contribution is -2.26. The molecule has 3 heteroatoms. The fourth-order valence-electron chi connectivity index (χ4n) is 2.52. The van der Waals surface area contributed by atoms with E-state index in [1.165, 1.54) is 44.9 Å². The molecule has 1 aromatic rings. The Morgan fingerprint density at radius 2 is 1.55 bits per heavy atom. The van der Waals surface area contributed by atoms with Crippen LogP contribution in [-0.4, -0.2) is 24.4 Å². The first-order valence-electron chi connectivity index (χ1n) is 8.84. The SMILES string of the molecule is CCCCCCCCCCOc1ccc(CC(N)CO)cc1. The zero-order chi connectivity index (χ0) is 16.0. The van der Waals surface area contributed by atoms with Gasteiger partial charge < -0.3 is 15.6 Å². The lowest BCUT2D eigenvalue weighted by molar-refractivity contribution is 0.265. The van der Waals surface area contributed by atoms with Crippen LogP contribution < -0.4 is 10.5 Å². The molecule has 126 valence electrons. The first-order valence-corrected chi connectivity index (χ1v) is 8.84. The molecule has 0 aliphatic heterocycles. The van der Waals surface area contributed by atoms with Crippen LogP contribution in [0, 0.1) is 0 Å². The Kier molecular flexibility index (Phi) is 10.8. The average molecular weight is 307 g/mol. The largest absolute Gasteiger partial charge is 0.494 e. The maximum atomic E-state index is 8.95. The predicted molar refractivity (Wildman–Crippen MR) is 93.3 cm³/mol. The second-order valence-electron chi connectivity index (χ2n) is 6.11. The van der Waals surface area contributed by atoms with E-state index in [4.69, 9.17) is 15.6 Å². The van der Waals surface area contributed by atoms with Crippen LogP contribution in [0.25, 0.3) is 0 Å². The van der Waals surface area contributed by atoms with Gasteiger partial charge in [0.15, 0.2) is 0 Å². The number of nitrogens with two attached hydrogens (primary N) is 1. The van der Waals surface area contributed by atoms with Gasteiger partial charge in [-0.2, -0.15) is 0 Å². The molecule has 0 heterocycles. The number of ether oxygens (including phenoxy) is 1. The number of benzene rings is 1. The van der Waals surface area contributed by atoms with Gasteiger partial charge in [0.1, 0.15) is 5.75 Å². The molecule has 0 aliphatic rings. The third-order valence-electron chi connectivity index (χ3n) is 3.92. The number of aliphatic hydroxyl groups excluding tert-OH is 1. The standard InChI is InChI=1S/C19H33NO2/c1-2-3-4-5-6-7-8-9-14-22-19-12-10-17(11-13-19)15-18(20)16-21/h10-13,18,21H,2-9,14-16,20H2,1H3. The smallest absolute Gasteiger partial charge is 0.119 e. The summed E-state index contributed by atoms with van der Waals surface area (Å²) in [6, 6.07) is 7.86. The summed E-state index contributed by atoms with van der Waals surface area (Å²) in [7, 11) is 0. The van der Waals surface area contributed by atoms with Crippen molar-refractivity contribution in [1.29, 1.82) is 0 Å². The molecule has 0 bridgehead atoms. The maximum absolute atomic E-state index is 8.95. The Morgan fingerprint density at radius 1 is 0.955 bits per heavy atom. The van der Waals surface area contributed by atoms with Crippen molar-refractivity contribution >= 4 is 0 Å². The molecule has 3 N–H and O–H groups in total. The van der Waals surface area contributed by atoms with E-state index < -0.39 is 0 Å². The van der Waals surface area contributed by atoms with Crippen LogP contribution in [0.1, 0.15) is 63.9 Å². The van der Waals surface area contributed by atoms with E-state index in [9.17, 15) is 0 Å². The Labute approximate surface area is 135 Å². The van der Waals surface area contributed by atoms with Gasteiger partial charge in [0, 0.05) is 6.04 Å². The lowest BCUT2D eigenvalue weighted by atomic mass is 10.1. The molecule has 0 aromatic heterocycles. The molecule has 1 atom stereocenters. The highest BCUT2D eigenvalue weighted by Gasteiger charge is 2.02. The summed E-state index contributed by atoms with van der Waals surface area (Å²) >= 11 is 0. The minimum atomic E-state index is -0.177. The van der Waals surface area contributed by atoms with Gasteiger partial charge in [-0.1, -0.05) is 64.0 Å². The van der Waals surface area contributed by atoms with E-state index >= 15 is 0 Å². The number of rotatable bonds is 13. The number of aliphatic hydroxyl groups is 1. The quantitative estimate of drug-likeness (QED) is 0.540. The second kappa shape index (κ2) is 12.5. The molecule has 0 aliphatic carbocycles. The van der Waals surface area contributed by atoms with Gasteiger partial charge in [-0.05, 0) is 30.5 Å². The molecule has 0 saturated carbocycles. The van der Waals surface area contributed by atoms with E-state index in [1.54, 1.807) is 0 Å². The molecule has 0 saturated heterocycles. The molecule has 1 aromatic carbocycles. The average Bonchev–Trinajstić information content (AvgIpc) is 2.54. The molecular formula is C19H33NO2. The Balaban J connectivity index is 2.05. The van der Waals surface area contributed by atoms with Gasteiger partial charge in [-0.25, -0.2) is 0 Å². The fourth-order valence-corrected chi connectivity index (χ4v) is 2.52. The van der Waals surface area contributed by atoms with Crippen LogP contribution in [0.3, 0.4) is 0 Å². The Morgan fingerprint density at radius 3 is 2.14 bits per heavy atom. The predicted octanol–water partition coefficient (Wildman–Crippen LogP) is 4.07. The third-order valence-corrected chi connectivity index (χ3v) is 3.92. The van der Waals surface area contributed by atoms with Crippen LogP contribution in [0.2, 0.25) is 0 Å². The minimum absolute atomic E-state index is 0.0245. The summed E-state index contributed by atoms with van der Waals surface area (Å²) in [5.74, 6) is 0.921. The highest BCUT2D eigenvalue weighted by Crippen LogP contribution is 2.14. The maximum Gasteiger partial charge on any atom is 0.119 e. The highest BCUT2D eigenvalue weighted by molar-refractivity contribution is 5.27. The molecule has 0 radical (unpaired) electrons. The third kappa shape index (κ3) is 9.06. The molecule has 3 nitrogen and oxygen atoms in total. The molecular weight excluding hydrogens is 274 g/mol. The number of hydrogen-bond donors (Lipinski definition) is 2. The molecule has 0 spiro atoms. The zero-order valence-electron chi connectivity index (χ0n) is 14.1. The Hall–Kier alpha value is -1.06. The van der Waals surface area contributed by atoms with Crippen molar-refractivity contribution in [3.8, 4) is 5.75 Å². The monoisotopic (exact) mass is 307 g/mol. The van der Waals surface area contributed by atoms with Crippen LogP contribution >= 0.6 is 0 Å². The number of unbranched alkanes of at least 4 members (excludes halogenated alkanes) is 7. The Bertz CT molecular complexity index is 364. The van der Waals surface area contributed by atoms with Crippen molar-refractivity contribution < 1.29 is 9.84 Å². The van der Waals surface area contributed by atoms with Gasteiger partial charge in [0.25, 0.3) is 0 Å². The topological polar surface area (TPSA) is 55.5 Å².